The van der Waals surface area contributed by atoms with Gasteiger partial charge in [0.25, 0.3) is 5.92 Å². The summed E-state index contributed by atoms with van der Waals surface area (Å²) in [4.78, 5) is 12.3. The number of benzene rings is 1. The lowest BCUT2D eigenvalue weighted by molar-refractivity contribution is -0.151. The summed E-state index contributed by atoms with van der Waals surface area (Å²) in [6, 6.07) is 7.22. The third-order valence-electron chi connectivity index (χ3n) is 5.47. The topological polar surface area (TPSA) is 64.3 Å². The van der Waals surface area contributed by atoms with Gasteiger partial charge >= 0.3 is 12.1 Å². The Kier molecular flexibility index (Phi) is 5.08. The molecular formula is C20H19F5N2O3. The van der Waals surface area contributed by atoms with E-state index in [1.165, 1.54) is 24.3 Å². The maximum absolute atomic E-state index is 14.7. The number of aliphatic hydroxyl groups excluding tert-OH is 1. The largest absolute Gasteiger partial charge is 0.447 e. The van der Waals surface area contributed by atoms with Gasteiger partial charge in [0, 0.05) is 12.1 Å². The van der Waals surface area contributed by atoms with Crippen LogP contribution in [0.5, 0.6) is 0 Å². The van der Waals surface area contributed by atoms with Crippen molar-refractivity contribution in [3.05, 3.63) is 52.8 Å². The van der Waals surface area contributed by atoms with Gasteiger partial charge in [0.1, 0.15) is 0 Å². The van der Waals surface area contributed by atoms with Crippen LogP contribution in [-0.2, 0) is 23.9 Å². The van der Waals surface area contributed by atoms with Gasteiger partial charge in [-0.3, -0.25) is 4.68 Å². The first-order valence-corrected chi connectivity index (χ1v) is 9.56. The van der Waals surface area contributed by atoms with Gasteiger partial charge in [-0.2, -0.15) is 18.3 Å². The van der Waals surface area contributed by atoms with Gasteiger partial charge in [-0.25, -0.2) is 13.6 Å². The number of hydrogen-bond donors (Lipinski definition) is 1. The van der Waals surface area contributed by atoms with Crippen LogP contribution in [0.1, 0.15) is 52.7 Å². The third kappa shape index (κ3) is 3.92. The highest BCUT2D eigenvalue weighted by molar-refractivity contribution is 5.89. The number of alkyl halides is 5. The van der Waals surface area contributed by atoms with Crippen LogP contribution >= 0.6 is 0 Å². The number of fused-ring (bicyclic) bond motifs is 1. The molecule has 0 bridgehead atoms. The Hall–Kier alpha value is -2.49. The smallest absolute Gasteiger partial charge is 0.435 e. The van der Waals surface area contributed by atoms with E-state index in [1.54, 1.807) is 6.07 Å². The van der Waals surface area contributed by atoms with Gasteiger partial charge in [0.15, 0.2) is 11.8 Å². The van der Waals surface area contributed by atoms with Crippen LogP contribution in [0.3, 0.4) is 0 Å². The van der Waals surface area contributed by atoms with E-state index < -0.39 is 48.0 Å². The molecule has 1 aromatic carbocycles. The Balaban J connectivity index is 1.74. The molecule has 2 aromatic rings. The minimum absolute atomic E-state index is 0.0316. The third-order valence-corrected chi connectivity index (χ3v) is 5.47. The normalized spacial score (nSPS) is 21.7. The van der Waals surface area contributed by atoms with Crippen molar-refractivity contribution in [2.45, 2.75) is 56.5 Å². The molecule has 0 spiro atoms. The second-order valence-corrected chi connectivity index (χ2v) is 7.71. The number of carbonyl (C=O) groups is 1. The van der Waals surface area contributed by atoms with Crippen LogP contribution in [0.2, 0.25) is 0 Å². The summed E-state index contributed by atoms with van der Waals surface area (Å²) < 4.78 is 76.2. The molecule has 0 radical (unpaired) electrons. The highest BCUT2D eigenvalue weighted by Crippen LogP contribution is 2.49. The van der Waals surface area contributed by atoms with Crippen LogP contribution in [0, 0.1) is 5.92 Å². The first kappa shape index (κ1) is 20.8. The molecule has 2 aliphatic carbocycles. The van der Waals surface area contributed by atoms with E-state index >= 15 is 0 Å². The number of carbonyl (C=O) groups excluding carboxylic acids is 1. The molecule has 2 aliphatic rings. The molecule has 10 heteroatoms. The zero-order valence-electron chi connectivity index (χ0n) is 15.7. The van der Waals surface area contributed by atoms with E-state index in [9.17, 15) is 31.9 Å². The monoisotopic (exact) mass is 430 g/mol. The van der Waals surface area contributed by atoms with Gasteiger partial charge in [0.05, 0.1) is 23.8 Å². The Labute approximate surface area is 168 Å². The van der Waals surface area contributed by atoms with Gasteiger partial charge in [-0.05, 0) is 37.3 Å². The molecule has 4 rings (SSSR count). The summed E-state index contributed by atoms with van der Waals surface area (Å²) in [5, 5.41) is 13.7. The molecule has 1 fully saturated rings. The van der Waals surface area contributed by atoms with Crippen molar-refractivity contribution < 1.29 is 36.6 Å². The summed E-state index contributed by atoms with van der Waals surface area (Å²) in [6.45, 7) is -0.228. The lowest BCUT2D eigenvalue weighted by Gasteiger charge is -2.32. The minimum Gasteiger partial charge on any atom is -0.447 e. The number of aromatic nitrogens is 2. The maximum Gasteiger partial charge on any atom is 0.435 e. The molecule has 5 nitrogen and oxygen atoms in total. The minimum atomic E-state index is -5.02. The summed E-state index contributed by atoms with van der Waals surface area (Å²) in [5.41, 5.74) is -2.47. The molecule has 1 aromatic heterocycles. The molecule has 0 amide bonds. The van der Waals surface area contributed by atoms with Gasteiger partial charge in [-0.1, -0.05) is 18.2 Å². The molecule has 1 saturated carbocycles. The van der Waals surface area contributed by atoms with Crippen LogP contribution in [0.4, 0.5) is 22.0 Å². The Morgan fingerprint density at radius 2 is 1.93 bits per heavy atom. The molecule has 0 saturated heterocycles. The molecule has 2 atom stereocenters. The number of hydrogen-bond acceptors (Lipinski definition) is 4. The number of esters is 1. The first-order valence-electron chi connectivity index (χ1n) is 9.56. The van der Waals surface area contributed by atoms with Crippen molar-refractivity contribution in [2.24, 2.45) is 5.92 Å². The highest BCUT2D eigenvalue weighted by Gasteiger charge is 2.54. The van der Waals surface area contributed by atoms with Crippen molar-refractivity contribution in [3.8, 4) is 0 Å². The average molecular weight is 430 g/mol. The van der Waals surface area contributed by atoms with Crippen LogP contribution in [0.25, 0.3) is 0 Å². The number of aliphatic hydroxyl groups is 1. The van der Waals surface area contributed by atoms with Crippen LogP contribution < -0.4 is 0 Å². The average Bonchev–Trinajstić information content (AvgIpc) is 3.46. The van der Waals surface area contributed by atoms with E-state index in [0.29, 0.717) is 0 Å². The van der Waals surface area contributed by atoms with Gasteiger partial charge < -0.3 is 9.84 Å². The SMILES string of the molecule is O=C(O[C@H]1c2c(C(F)(F)F)nn(CC(O)C3CC3)c2CCC1(F)F)c1ccccc1. The highest BCUT2D eigenvalue weighted by atomic mass is 19.4. The molecule has 162 valence electrons. The van der Waals surface area contributed by atoms with Crippen molar-refractivity contribution in [2.75, 3.05) is 0 Å². The fraction of sp³-hybridized carbons (Fsp3) is 0.500. The zero-order valence-corrected chi connectivity index (χ0v) is 15.7. The summed E-state index contributed by atoms with van der Waals surface area (Å²) in [7, 11) is 0. The molecule has 30 heavy (non-hydrogen) atoms. The van der Waals surface area contributed by atoms with E-state index in [2.05, 4.69) is 5.10 Å². The lowest BCUT2D eigenvalue weighted by atomic mass is 9.89. The van der Waals surface area contributed by atoms with Crippen molar-refractivity contribution in [1.29, 1.82) is 0 Å². The Morgan fingerprint density at radius 1 is 1.27 bits per heavy atom. The van der Waals surface area contributed by atoms with Crippen molar-refractivity contribution in [3.63, 3.8) is 0 Å². The molecule has 0 aliphatic heterocycles. The van der Waals surface area contributed by atoms with E-state index in [0.717, 1.165) is 17.5 Å². The Morgan fingerprint density at radius 3 is 2.53 bits per heavy atom. The number of rotatable bonds is 5. The van der Waals surface area contributed by atoms with Gasteiger partial charge in [-0.15, -0.1) is 0 Å². The maximum atomic E-state index is 14.7. The fourth-order valence-corrected chi connectivity index (χ4v) is 3.74. The van der Waals surface area contributed by atoms with Crippen LogP contribution in [0.15, 0.2) is 30.3 Å². The predicted molar refractivity (Wildman–Crippen MR) is 93.8 cm³/mol. The second kappa shape index (κ2) is 7.33. The molecule has 1 heterocycles. The lowest BCUT2D eigenvalue weighted by Crippen LogP contribution is -2.36. The molecule has 1 N–H and O–H groups in total. The van der Waals surface area contributed by atoms with Crippen molar-refractivity contribution in [1.82, 2.24) is 9.78 Å². The zero-order chi connectivity index (χ0) is 21.7. The summed E-state index contributed by atoms with van der Waals surface area (Å²) >= 11 is 0. The van der Waals surface area contributed by atoms with E-state index in [4.69, 9.17) is 4.74 Å². The predicted octanol–water partition coefficient (Wildman–Crippen LogP) is 4.15. The second-order valence-electron chi connectivity index (χ2n) is 7.71. The first-order chi connectivity index (χ1) is 14.1. The van der Waals surface area contributed by atoms with Crippen molar-refractivity contribution >= 4 is 5.97 Å². The summed E-state index contributed by atoms with van der Waals surface area (Å²) in [5.74, 6) is -4.87. The van der Waals surface area contributed by atoms with Gasteiger partial charge in [0.2, 0.25) is 0 Å². The molecular weight excluding hydrogens is 411 g/mol. The van der Waals surface area contributed by atoms with E-state index in [1.807, 2.05) is 0 Å². The standard InChI is InChI=1S/C20H19F5N2O3/c21-19(22)9-8-13-15(17(19)30-18(29)12-4-2-1-3-5-12)16(20(23,24)25)26-27(13)10-14(28)11-6-7-11/h1-5,11,14,17,28H,6-10H2/t14?,17-/m0/s1. The Bertz CT molecular complexity index is 938. The quantitative estimate of drug-likeness (QED) is 0.572. The number of nitrogens with zero attached hydrogens (tertiary/aromatic N) is 2. The number of ether oxygens (including phenoxy) is 1. The fourth-order valence-electron chi connectivity index (χ4n) is 3.74. The molecule has 1 unspecified atom stereocenters. The number of halogens is 5. The van der Waals surface area contributed by atoms with E-state index in [-0.39, 0.29) is 30.1 Å². The summed E-state index contributed by atoms with van der Waals surface area (Å²) in [6.07, 6.45) is -8.01. The van der Waals surface area contributed by atoms with Crippen LogP contribution in [-0.4, -0.2) is 32.9 Å².